The van der Waals surface area contributed by atoms with E-state index in [9.17, 15) is 4.79 Å². The predicted molar refractivity (Wildman–Crippen MR) is 83.8 cm³/mol. The zero-order valence-electron chi connectivity index (χ0n) is 12.7. The number of fused-ring (bicyclic) bond motifs is 4. The number of likely N-dealkylation sites (N-methyl/N-ethyl adjacent to an activating group) is 1. The molecule has 0 saturated carbocycles. The van der Waals surface area contributed by atoms with Crippen molar-refractivity contribution in [2.24, 2.45) is 0 Å². The van der Waals surface area contributed by atoms with E-state index in [4.69, 9.17) is 4.98 Å². The van der Waals surface area contributed by atoms with Crippen LogP contribution in [0.5, 0.6) is 0 Å². The Labute approximate surface area is 124 Å². The summed E-state index contributed by atoms with van der Waals surface area (Å²) in [6.07, 6.45) is 3.41. The van der Waals surface area contributed by atoms with Crippen molar-refractivity contribution in [3.63, 3.8) is 0 Å². The van der Waals surface area contributed by atoms with Crippen molar-refractivity contribution < 1.29 is 0 Å². The molecule has 4 heteroatoms. The molecular formula is C17H21N3O. The summed E-state index contributed by atoms with van der Waals surface area (Å²) in [6, 6.07) is 6.55. The van der Waals surface area contributed by atoms with Crippen molar-refractivity contribution in [3.8, 4) is 0 Å². The maximum absolute atomic E-state index is 12.8. The van der Waals surface area contributed by atoms with Crippen LogP contribution in [0.1, 0.15) is 36.6 Å². The molecular weight excluding hydrogens is 262 g/mol. The Morgan fingerprint density at radius 3 is 2.95 bits per heavy atom. The number of hydrogen-bond donors (Lipinski definition) is 0. The molecule has 110 valence electrons. The second-order valence-electron chi connectivity index (χ2n) is 6.53. The number of benzene rings is 1. The second-order valence-corrected chi connectivity index (χ2v) is 6.53. The van der Waals surface area contributed by atoms with Gasteiger partial charge in [-0.1, -0.05) is 11.6 Å². The first-order valence-electron chi connectivity index (χ1n) is 7.86. The van der Waals surface area contributed by atoms with Gasteiger partial charge >= 0.3 is 0 Å². The molecule has 0 aliphatic carbocycles. The van der Waals surface area contributed by atoms with Gasteiger partial charge in [0.2, 0.25) is 0 Å². The number of piperidine rings is 1. The van der Waals surface area contributed by atoms with Crippen molar-refractivity contribution >= 4 is 10.9 Å². The Bertz CT molecular complexity index is 764. The monoisotopic (exact) mass is 283 g/mol. The quantitative estimate of drug-likeness (QED) is 0.744. The molecule has 0 N–H and O–H groups in total. The van der Waals surface area contributed by atoms with Crippen LogP contribution < -0.4 is 5.56 Å². The van der Waals surface area contributed by atoms with E-state index in [-0.39, 0.29) is 5.56 Å². The minimum Gasteiger partial charge on any atom is -0.303 e. The fourth-order valence-electron chi connectivity index (χ4n) is 4.06. The molecule has 0 spiro atoms. The molecule has 1 aromatic heterocycles. The standard InChI is InChI=1S/C17H21N3O/c1-11-5-6-14-13(10-11)17(21)20-9-7-15-12(16(20)18-14)4-3-8-19(15)2/h5-6,10,12,15H,3-4,7-9H2,1-2H3/t12-,15+/m0/s1. The van der Waals surface area contributed by atoms with E-state index in [1.807, 2.05) is 29.7 Å². The normalized spacial score (nSPS) is 25.6. The van der Waals surface area contributed by atoms with E-state index in [1.54, 1.807) is 0 Å². The summed E-state index contributed by atoms with van der Waals surface area (Å²) >= 11 is 0. The Morgan fingerprint density at radius 1 is 1.24 bits per heavy atom. The summed E-state index contributed by atoms with van der Waals surface area (Å²) < 4.78 is 1.93. The summed E-state index contributed by atoms with van der Waals surface area (Å²) in [5.41, 5.74) is 2.11. The van der Waals surface area contributed by atoms with E-state index >= 15 is 0 Å². The van der Waals surface area contributed by atoms with Crippen LogP contribution in [0.4, 0.5) is 0 Å². The van der Waals surface area contributed by atoms with Gasteiger partial charge in [0.15, 0.2) is 0 Å². The Balaban J connectivity index is 1.94. The first kappa shape index (κ1) is 13.0. The largest absolute Gasteiger partial charge is 0.303 e. The average molecular weight is 283 g/mol. The summed E-state index contributed by atoms with van der Waals surface area (Å²) in [7, 11) is 2.20. The number of aromatic nitrogens is 2. The lowest BCUT2D eigenvalue weighted by molar-refractivity contribution is 0.123. The highest BCUT2D eigenvalue weighted by atomic mass is 16.1. The highest BCUT2D eigenvalue weighted by Gasteiger charge is 2.36. The Morgan fingerprint density at radius 2 is 2.10 bits per heavy atom. The Kier molecular flexibility index (Phi) is 2.89. The maximum Gasteiger partial charge on any atom is 0.261 e. The van der Waals surface area contributed by atoms with E-state index < -0.39 is 0 Å². The number of hydrogen-bond acceptors (Lipinski definition) is 3. The van der Waals surface area contributed by atoms with Crippen LogP contribution in [-0.4, -0.2) is 34.1 Å². The van der Waals surface area contributed by atoms with Gasteiger partial charge < -0.3 is 4.90 Å². The summed E-state index contributed by atoms with van der Waals surface area (Å²) in [6.45, 7) is 3.99. The maximum atomic E-state index is 12.8. The number of nitrogens with zero attached hydrogens (tertiary/aromatic N) is 3. The van der Waals surface area contributed by atoms with Gasteiger partial charge in [-0.3, -0.25) is 9.36 Å². The Hall–Kier alpha value is -1.68. The molecule has 2 aliphatic rings. The van der Waals surface area contributed by atoms with Crippen molar-refractivity contribution in [1.82, 2.24) is 14.5 Å². The molecule has 0 unspecified atom stereocenters. The first-order chi connectivity index (χ1) is 10.1. The van der Waals surface area contributed by atoms with Gasteiger partial charge in [-0.25, -0.2) is 4.98 Å². The van der Waals surface area contributed by atoms with Gasteiger partial charge in [0, 0.05) is 18.5 Å². The first-order valence-corrected chi connectivity index (χ1v) is 7.86. The minimum absolute atomic E-state index is 0.144. The molecule has 4 nitrogen and oxygen atoms in total. The molecule has 0 radical (unpaired) electrons. The fraction of sp³-hybridized carbons (Fsp3) is 0.529. The zero-order valence-corrected chi connectivity index (χ0v) is 12.7. The van der Waals surface area contributed by atoms with Crippen molar-refractivity contribution in [3.05, 3.63) is 39.9 Å². The van der Waals surface area contributed by atoms with Crippen LogP contribution in [0, 0.1) is 6.92 Å². The lowest BCUT2D eigenvalue weighted by atomic mass is 9.84. The molecule has 2 atom stereocenters. The summed E-state index contributed by atoms with van der Waals surface area (Å²) in [5.74, 6) is 1.43. The lowest BCUT2D eigenvalue weighted by Gasteiger charge is -2.42. The second kappa shape index (κ2) is 4.67. The van der Waals surface area contributed by atoms with Crippen molar-refractivity contribution in [2.45, 2.75) is 44.7 Å². The number of rotatable bonds is 0. The third-order valence-corrected chi connectivity index (χ3v) is 5.18. The van der Waals surface area contributed by atoms with Crippen LogP contribution in [0.3, 0.4) is 0 Å². The summed E-state index contributed by atoms with van der Waals surface area (Å²) in [4.78, 5) is 20.1. The summed E-state index contributed by atoms with van der Waals surface area (Å²) in [5, 5.41) is 0.765. The van der Waals surface area contributed by atoms with Crippen LogP contribution in [0.25, 0.3) is 10.9 Å². The lowest BCUT2D eigenvalue weighted by Crippen LogP contribution is -2.47. The van der Waals surface area contributed by atoms with Gasteiger partial charge in [-0.15, -0.1) is 0 Å². The predicted octanol–water partition coefficient (Wildman–Crippen LogP) is 2.29. The number of likely N-dealkylation sites (tertiary alicyclic amines) is 1. The van der Waals surface area contributed by atoms with E-state index in [0.717, 1.165) is 48.2 Å². The van der Waals surface area contributed by atoms with Gasteiger partial charge in [-0.05, 0) is 51.9 Å². The number of aryl methyl sites for hydroxylation is 1. The van der Waals surface area contributed by atoms with E-state index in [1.165, 1.54) is 6.42 Å². The fourth-order valence-corrected chi connectivity index (χ4v) is 4.06. The highest BCUT2D eigenvalue weighted by Crippen LogP contribution is 2.36. The van der Waals surface area contributed by atoms with Crippen LogP contribution in [-0.2, 0) is 6.54 Å². The van der Waals surface area contributed by atoms with Gasteiger partial charge in [0.25, 0.3) is 5.56 Å². The van der Waals surface area contributed by atoms with Crippen LogP contribution >= 0.6 is 0 Å². The van der Waals surface area contributed by atoms with Crippen LogP contribution in [0.15, 0.2) is 23.0 Å². The SMILES string of the molecule is Cc1ccc2nc3n(c(=O)c2c1)CC[C@@H]1[C@@H]3CCCN1C. The van der Waals surface area contributed by atoms with Crippen molar-refractivity contribution in [2.75, 3.05) is 13.6 Å². The molecule has 21 heavy (non-hydrogen) atoms. The molecule has 0 amide bonds. The molecule has 1 aromatic carbocycles. The van der Waals surface area contributed by atoms with E-state index in [0.29, 0.717) is 12.0 Å². The van der Waals surface area contributed by atoms with Crippen molar-refractivity contribution in [1.29, 1.82) is 0 Å². The van der Waals surface area contributed by atoms with Gasteiger partial charge in [0.1, 0.15) is 5.82 Å². The zero-order chi connectivity index (χ0) is 14.6. The highest BCUT2D eigenvalue weighted by molar-refractivity contribution is 5.78. The van der Waals surface area contributed by atoms with Gasteiger partial charge in [0.05, 0.1) is 10.9 Å². The van der Waals surface area contributed by atoms with E-state index in [2.05, 4.69) is 11.9 Å². The molecule has 4 rings (SSSR count). The van der Waals surface area contributed by atoms with Gasteiger partial charge in [-0.2, -0.15) is 0 Å². The van der Waals surface area contributed by atoms with Crippen LogP contribution in [0.2, 0.25) is 0 Å². The third-order valence-electron chi connectivity index (χ3n) is 5.18. The topological polar surface area (TPSA) is 38.1 Å². The molecule has 1 saturated heterocycles. The molecule has 2 aromatic rings. The smallest absolute Gasteiger partial charge is 0.261 e. The molecule has 3 heterocycles. The molecule has 2 aliphatic heterocycles. The molecule has 1 fully saturated rings. The average Bonchev–Trinajstić information content (AvgIpc) is 2.48. The molecule has 0 bridgehead atoms. The third kappa shape index (κ3) is 1.93. The minimum atomic E-state index is 0.144.